The molecule has 26 heavy (non-hydrogen) atoms. The smallest absolute Gasteiger partial charge is 0.263 e. The Balaban J connectivity index is 1.78. The Hall–Kier alpha value is -3.13. The highest BCUT2D eigenvalue weighted by atomic mass is 79.9. The van der Waals surface area contributed by atoms with E-state index in [9.17, 15) is 4.79 Å². The number of nitrogens with zero attached hydrogens (tertiary/aromatic N) is 3. The van der Waals surface area contributed by atoms with E-state index in [1.807, 2.05) is 48.5 Å². The summed E-state index contributed by atoms with van der Waals surface area (Å²) in [6.07, 6.45) is 1.51. The molecule has 2 heterocycles. The molecule has 2 N–H and O–H groups in total. The van der Waals surface area contributed by atoms with Crippen molar-refractivity contribution in [1.82, 2.24) is 19.7 Å². The van der Waals surface area contributed by atoms with Crippen molar-refractivity contribution < 1.29 is 4.74 Å². The zero-order valence-electron chi connectivity index (χ0n) is 13.7. The first-order valence-electron chi connectivity index (χ1n) is 7.80. The molecule has 4 rings (SSSR count). The molecule has 8 heteroatoms. The van der Waals surface area contributed by atoms with Gasteiger partial charge in [-0.2, -0.15) is 10.1 Å². The SMILES string of the molecule is COc1cc(Nc2nc3c(cnn3-c3ccccc3)c(=O)[nH]2)ccc1Br. The monoisotopic (exact) mass is 411 g/mol. The Bertz CT molecular complexity index is 1140. The van der Waals surface area contributed by atoms with Gasteiger partial charge in [-0.05, 0) is 40.2 Å². The average molecular weight is 412 g/mol. The van der Waals surface area contributed by atoms with E-state index in [1.54, 1.807) is 11.8 Å². The van der Waals surface area contributed by atoms with Crippen LogP contribution in [0.25, 0.3) is 16.7 Å². The maximum Gasteiger partial charge on any atom is 0.263 e. The van der Waals surface area contributed by atoms with Gasteiger partial charge in [-0.3, -0.25) is 9.78 Å². The number of halogens is 1. The van der Waals surface area contributed by atoms with Gasteiger partial charge in [0.05, 0.1) is 23.5 Å². The van der Waals surface area contributed by atoms with Gasteiger partial charge in [-0.25, -0.2) is 4.68 Å². The maximum absolute atomic E-state index is 12.4. The third-order valence-electron chi connectivity index (χ3n) is 3.85. The fraction of sp³-hybridized carbons (Fsp3) is 0.0556. The topological polar surface area (TPSA) is 84.8 Å². The first-order valence-corrected chi connectivity index (χ1v) is 8.59. The minimum atomic E-state index is -0.260. The fourth-order valence-electron chi connectivity index (χ4n) is 2.61. The number of aromatic nitrogens is 4. The molecule has 0 bridgehead atoms. The number of anilines is 2. The second-order valence-electron chi connectivity index (χ2n) is 5.52. The first kappa shape index (κ1) is 16.3. The van der Waals surface area contributed by atoms with Gasteiger partial charge in [0.15, 0.2) is 5.65 Å². The number of fused-ring (bicyclic) bond motifs is 1. The summed E-state index contributed by atoms with van der Waals surface area (Å²) in [5, 5.41) is 7.82. The van der Waals surface area contributed by atoms with Crippen molar-refractivity contribution in [3.63, 3.8) is 0 Å². The summed E-state index contributed by atoms with van der Waals surface area (Å²) in [6, 6.07) is 15.1. The van der Waals surface area contributed by atoms with Crippen molar-refractivity contribution in [2.24, 2.45) is 0 Å². The summed E-state index contributed by atoms with van der Waals surface area (Å²) < 4.78 is 7.76. The number of rotatable bonds is 4. The van der Waals surface area contributed by atoms with Crippen LogP contribution in [-0.2, 0) is 0 Å². The minimum absolute atomic E-state index is 0.260. The fourth-order valence-corrected chi connectivity index (χ4v) is 3.02. The molecule has 0 aliphatic carbocycles. The molecule has 130 valence electrons. The third-order valence-corrected chi connectivity index (χ3v) is 4.51. The van der Waals surface area contributed by atoms with Crippen LogP contribution in [0.3, 0.4) is 0 Å². The lowest BCUT2D eigenvalue weighted by Gasteiger charge is -2.09. The van der Waals surface area contributed by atoms with Crippen LogP contribution in [0.15, 0.2) is 64.0 Å². The number of hydrogen-bond acceptors (Lipinski definition) is 5. The first-order chi connectivity index (χ1) is 12.7. The van der Waals surface area contributed by atoms with Crippen molar-refractivity contribution in [3.05, 3.63) is 69.6 Å². The van der Waals surface area contributed by atoms with Gasteiger partial charge in [0.25, 0.3) is 5.56 Å². The second kappa shape index (κ2) is 6.64. The van der Waals surface area contributed by atoms with Crippen LogP contribution in [0.1, 0.15) is 0 Å². The highest BCUT2D eigenvalue weighted by Gasteiger charge is 2.12. The van der Waals surface area contributed by atoms with Gasteiger partial charge in [-0.15, -0.1) is 0 Å². The van der Waals surface area contributed by atoms with E-state index in [-0.39, 0.29) is 5.56 Å². The summed E-state index contributed by atoms with van der Waals surface area (Å²) in [6.45, 7) is 0. The van der Waals surface area contributed by atoms with Crippen LogP contribution in [0, 0.1) is 0 Å². The largest absolute Gasteiger partial charge is 0.495 e. The van der Waals surface area contributed by atoms with Crippen LogP contribution < -0.4 is 15.6 Å². The molecule has 0 spiro atoms. The minimum Gasteiger partial charge on any atom is -0.495 e. The van der Waals surface area contributed by atoms with Gasteiger partial charge in [-0.1, -0.05) is 18.2 Å². The van der Waals surface area contributed by atoms with Crippen molar-refractivity contribution in [2.75, 3.05) is 12.4 Å². The van der Waals surface area contributed by atoms with Crippen molar-refractivity contribution in [2.45, 2.75) is 0 Å². The van der Waals surface area contributed by atoms with E-state index < -0.39 is 0 Å². The van der Waals surface area contributed by atoms with E-state index in [1.165, 1.54) is 6.20 Å². The lowest BCUT2D eigenvalue weighted by atomic mass is 10.3. The van der Waals surface area contributed by atoms with Gasteiger partial charge in [0.2, 0.25) is 5.95 Å². The number of aromatic amines is 1. The molecule has 0 aliphatic heterocycles. The normalized spacial score (nSPS) is 10.8. The Morgan fingerprint density at radius 2 is 2.00 bits per heavy atom. The number of para-hydroxylation sites is 1. The molecule has 2 aromatic carbocycles. The highest BCUT2D eigenvalue weighted by Crippen LogP contribution is 2.28. The molecule has 0 unspecified atom stereocenters. The zero-order valence-corrected chi connectivity index (χ0v) is 15.3. The summed E-state index contributed by atoms with van der Waals surface area (Å²) in [4.78, 5) is 19.6. The van der Waals surface area contributed by atoms with Crippen LogP contribution in [0.5, 0.6) is 5.75 Å². The second-order valence-corrected chi connectivity index (χ2v) is 6.37. The number of nitrogens with one attached hydrogen (secondary N) is 2. The summed E-state index contributed by atoms with van der Waals surface area (Å²) in [7, 11) is 1.59. The van der Waals surface area contributed by atoms with Gasteiger partial charge >= 0.3 is 0 Å². The maximum atomic E-state index is 12.4. The predicted octanol–water partition coefficient (Wildman–Crippen LogP) is 3.62. The molecule has 0 atom stereocenters. The molecular formula is C18H14BrN5O2. The molecule has 2 aromatic heterocycles. The average Bonchev–Trinajstić information content (AvgIpc) is 3.08. The molecule has 0 fully saturated rings. The summed E-state index contributed by atoms with van der Waals surface area (Å²) in [5.74, 6) is 0.998. The molecule has 0 aliphatic rings. The standard InChI is InChI=1S/C18H14BrN5O2/c1-26-15-9-11(7-8-14(15)19)21-18-22-16-13(17(25)23-18)10-20-24(16)12-5-3-2-4-6-12/h2-10H,1H3,(H2,21,22,23,25). The third kappa shape index (κ3) is 2.95. The molecule has 0 radical (unpaired) electrons. The Kier molecular flexibility index (Phi) is 4.18. The van der Waals surface area contributed by atoms with E-state index in [4.69, 9.17) is 4.74 Å². The van der Waals surface area contributed by atoms with E-state index in [0.717, 1.165) is 15.8 Å². The Morgan fingerprint density at radius 1 is 1.19 bits per heavy atom. The lowest BCUT2D eigenvalue weighted by molar-refractivity contribution is 0.412. The predicted molar refractivity (Wildman–Crippen MR) is 103 cm³/mol. The van der Waals surface area contributed by atoms with Crippen molar-refractivity contribution in [3.8, 4) is 11.4 Å². The van der Waals surface area contributed by atoms with E-state index in [0.29, 0.717) is 22.7 Å². The molecular weight excluding hydrogens is 398 g/mol. The van der Waals surface area contributed by atoms with E-state index in [2.05, 4.69) is 36.3 Å². The Morgan fingerprint density at radius 3 is 2.77 bits per heavy atom. The number of H-pyrrole nitrogens is 1. The number of ether oxygens (including phenoxy) is 1. The van der Waals surface area contributed by atoms with Gasteiger partial charge in [0.1, 0.15) is 11.1 Å². The number of methoxy groups -OCH3 is 1. The summed E-state index contributed by atoms with van der Waals surface area (Å²) >= 11 is 3.41. The number of benzene rings is 2. The number of hydrogen-bond donors (Lipinski definition) is 2. The van der Waals surface area contributed by atoms with E-state index >= 15 is 0 Å². The molecule has 7 nitrogen and oxygen atoms in total. The van der Waals surface area contributed by atoms with Crippen molar-refractivity contribution >= 4 is 38.6 Å². The van der Waals surface area contributed by atoms with Crippen LogP contribution in [-0.4, -0.2) is 26.9 Å². The van der Waals surface area contributed by atoms with Crippen LogP contribution in [0.2, 0.25) is 0 Å². The highest BCUT2D eigenvalue weighted by molar-refractivity contribution is 9.10. The molecule has 0 saturated heterocycles. The van der Waals surface area contributed by atoms with Gasteiger partial charge < -0.3 is 10.1 Å². The van der Waals surface area contributed by atoms with Crippen LogP contribution in [0.4, 0.5) is 11.6 Å². The summed E-state index contributed by atoms with van der Waals surface area (Å²) in [5.41, 5.74) is 1.78. The quantitative estimate of drug-likeness (QED) is 0.535. The van der Waals surface area contributed by atoms with Gasteiger partial charge in [0, 0.05) is 11.8 Å². The molecule has 0 amide bonds. The van der Waals surface area contributed by atoms with Crippen molar-refractivity contribution in [1.29, 1.82) is 0 Å². The molecule has 0 saturated carbocycles. The molecule has 4 aromatic rings. The lowest BCUT2D eigenvalue weighted by Crippen LogP contribution is -2.11. The zero-order chi connectivity index (χ0) is 18.1. The Labute approximate surface area is 156 Å². The van der Waals surface area contributed by atoms with Crippen LogP contribution >= 0.6 is 15.9 Å².